The molecule has 7 nitrogen and oxygen atoms in total. The van der Waals surface area contributed by atoms with Crippen LogP contribution in [0.3, 0.4) is 0 Å². The highest BCUT2D eigenvalue weighted by Gasteiger charge is 2.38. The molecule has 1 saturated carbocycles. The fraction of sp³-hybridized carbons (Fsp3) is 0.412. The Balaban J connectivity index is 1.75. The molecule has 1 fully saturated rings. The van der Waals surface area contributed by atoms with Gasteiger partial charge in [-0.1, -0.05) is 0 Å². The second-order valence-corrected chi connectivity index (χ2v) is 7.94. The van der Waals surface area contributed by atoms with Crippen LogP contribution in [0.1, 0.15) is 46.5 Å². The number of rotatable bonds is 4. The maximum atomic E-state index is 12.9. The monoisotopic (exact) mass is 357 g/mol. The van der Waals surface area contributed by atoms with Crippen molar-refractivity contribution < 1.29 is 9.21 Å². The van der Waals surface area contributed by atoms with Gasteiger partial charge in [0.15, 0.2) is 5.13 Å². The molecule has 130 valence electrons. The third kappa shape index (κ3) is 2.86. The van der Waals surface area contributed by atoms with E-state index in [4.69, 9.17) is 4.42 Å². The van der Waals surface area contributed by atoms with Crippen molar-refractivity contribution in [2.45, 2.75) is 46.1 Å². The second kappa shape index (κ2) is 5.52. The normalized spacial score (nSPS) is 15.4. The number of nitrogens with one attached hydrogen (secondary N) is 2. The number of amides is 1. The van der Waals surface area contributed by atoms with Gasteiger partial charge in [-0.2, -0.15) is 0 Å². The Bertz CT molecular complexity index is 967. The minimum Gasteiger partial charge on any atom is -0.442 e. The molecule has 4 rings (SSSR count). The molecule has 3 heterocycles. The Morgan fingerprint density at radius 1 is 1.28 bits per heavy atom. The molecule has 0 radical (unpaired) electrons. The number of hydrogen-bond acceptors (Lipinski definition) is 7. The molecular formula is C17H19N5O2S. The quantitative estimate of drug-likeness (QED) is 0.737. The van der Waals surface area contributed by atoms with Crippen molar-refractivity contribution in [3.05, 3.63) is 28.2 Å². The Labute approximate surface area is 148 Å². The first kappa shape index (κ1) is 16.0. The van der Waals surface area contributed by atoms with Crippen LogP contribution in [0.4, 0.5) is 10.9 Å². The molecular weight excluding hydrogens is 338 g/mol. The first-order valence-electron chi connectivity index (χ1n) is 8.14. The lowest BCUT2D eigenvalue weighted by Gasteiger charge is -2.13. The van der Waals surface area contributed by atoms with Gasteiger partial charge in [0.25, 0.3) is 5.91 Å². The predicted molar refractivity (Wildman–Crippen MR) is 97.3 cm³/mol. The fourth-order valence-electron chi connectivity index (χ4n) is 2.70. The van der Waals surface area contributed by atoms with Crippen LogP contribution in [0.25, 0.3) is 11.1 Å². The number of nitrogens with zero attached hydrogens (tertiary/aromatic N) is 3. The number of aromatic nitrogens is 3. The highest BCUT2D eigenvalue weighted by molar-refractivity contribution is 7.15. The number of hydrogen-bond donors (Lipinski definition) is 2. The third-order valence-electron chi connectivity index (χ3n) is 4.56. The maximum Gasteiger partial charge on any atom is 0.261 e. The van der Waals surface area contributed by atoms with Crippen LogP contribution in [-0.2, 0) is 0 Å². The maximum absolute atomic E-state index is 12.9. The molecule has 2 N–H and O–H groups in total. The van der Waals surface area contributed by atoms with E-state index >= 15 is 0 Å². The summed E-state index contributed by atoms with van der Waals surface area (Å²) >= 11 is 1.45. The Morgan fingerprint density at radius 3 is 2.68 bits per heavy atom. The van der Waals surface area contributed by atoms with E-state index < -0.39 is 0 Å². The van der Waals surface area contributed by atoms with Crippen molar-refractivity contribution in [2.24, 2.45) is 0 Å². The number of fused-ring (bicyclic) bond motifs is 1. The molecule has 0 aliphatic heterocycles. The number of carbonyl (C=O) groups is 1. The summed E-state index contributed by atoms with van der Waals surface area (Å²) in [6.07, 6.45) is 3.61. The van der Waals surface area contributed by atoms with E-state index in [0.29, 0.717) is 33.4 Å². The minimum atomic E-state index is -0.260. The fourth-order valence-corrected chi connectivity index (χ4v) is 3.51. The molecule has 3 aromatic rings. The summed E-state index contributed by atoms with van der Waals surface area (Å²) in [5, 5.41) is 7.49. The van der Waals surface area contributed by atoms with Crippen LogP contribution in [0.2, 0.25) is 0 Å². The molecule has 0 saturated heterocycles. The van der Waals surface area contributed by atoms with Crippen LogP contribution in [0, 0.1) is 20.8 Å². The minimum absolute atomic E-state index is 0.0315. The smallest absolute Gasteiger partial charge is 0.261 e. The van der Waals surface area contributed by atoms with Gasteiger partial charge in [0.1, 0.15) is 17.9 Å². The van der Waals surface area contributed by atoms with Gasteiger partial charge in [-0.3, -0.25) is 10.1 Å². The van der Waals surface area contributed by atoms with Crippen molar-refractivity contribution in [3.8, 4) is 0 Å². The number of carbonyl (C=O) groups excluding carboxylic acids is 1. The van der Waals surface area contributed by atoms with Gasteiger partial charge < -0.3 is 9.73 Å². The second-order valence-electron chi connectivity index (χ2n) is 6.74. The van der Waals surface area contributed by atoms with Crippen LogP contribution < -0.4 is 10.6 Å². The largest absolute Gasteiger partial charge is 0.442 e. The number of furan rings is 1. The standard InChI is InChI=1S/C17H19N5O2S/c1-8-10(3)25-16(20-8)21-14(23)11-9(2)24-15-12(11)13(18-7-19-15)22-17(4)5-6-17/h7H,5-6H2,1-4H3,(H,18,19,22)(H,20,21,23). The molecule has 1 amide bonds. The lowest BCUT2D eigenvalue weighted by atomic mass is 10.1. The molecule has 0 spiro atoms. The Kier molecular flexibility index (Phi) is 3.54. The van der Waals surface area contributed by atoms with Gasteiger partial charge in [0.2, 0.25) is 5.71 Å². The Morgan fingerprint density at radius 2 is 2.04 bits per heavy atom. The number of aryl methyl sites for hydroxylation is 3. The van der Waals surface area contributed by atoms with Gasteiger partial charge in [0.05, 0.1) is 16.6 Å². The zero-order valence-corrected chi connectivity index (χ0v) is 15.4. The van der Waals surface area contributed by atoms with Crippen molar-refractivity contribution in [1.29, 1.82) is 0 Å². The van der Waals surface area contributed by atoms with Crippen LogP contribution in [-0.4, -0.2) is 26.4 Å². The topological polar surface area (TPSA) is 92.9 Å². The molecule has 0 bridgehead atoms. The van der Waals surface area contributed by atoms with Crippen molar-refractivity contribution in [1.82, 2.24) is 15.0 Å². The Hall–Kier alpha value is -2.48. The first-order valence-corrected chi connectivity index (χ1v) is 8.96. The van der Waals surface area contributed by atoms with Crippen LogP contribution >= 0.6 is 11.3 Å². The lowest BCUT2D eigenvalue weighted by molar-refractivity contribution is 0.102. The van der Waals surface area contributed by atoms with Crippen LogP contribution in [0.15, 0.2) is 10.7 Å². The highest BCUT2D eigenvalue weighted by atomic mass is 32.1. The zero-order valence-electron chi connectivity index (χ0n) is 14.6. The number of thiazole rings is 1. The first-order chi connectivity index (χ1) is 11.9. The summed E-state index contributed by atoms with van der Waals surface area (Å²) in [6, 6.07) is 0. The van der Waals surface area contributed by atoms with Crippen molar-refractivity contribution >= 4 is 39.3 Å². The average molecular weight is 357 g/mol. The summed E-state index contributed by atoms with van der Waals surface area (Å²) in [7, 11) is 0. The van der Waals surface area contributed by atoms with E-state index in [0.717, 1.165) is 23.4 Å². The van der Waals surface area contributed by atoms with E-state index in [1.165, 1.54) is 17.7 Å². The summed E-state index contributed by atoms with van der Waals surface area (Å²) in [5.41, 5.74) is 1.81. The van der Waals surface area contributed by atoms with E-state index in [2.05, 4.69) is 32.5 Å². The van der Waals surface area contributed by atoms with Crippen molar-refractivity contribution in [2.75, 3.05) is 10.6 Å². The number of anilines is 2. The molecule has 0 unspecified atom stereocenters. The van der Waals surface area contributed by atoms with E-state index in [9.17, 15) is 4.79 Å². The van der Waals surface area contributed by atoms with Gasteiger partial charge in [-0.05, 0) is 40.5 Å². The van der Waals surface area contributed by atoms with Gasteiger partial charge in [-0.15, -0.1) is 11.3 Å². The van der Waals surface area contributed by atoms with Crippen LogP contribution in [0.5, 0.6) is 0 Å². The van der Waals surface area contributed by atoms with Gasteiger partial charge in [-0.25, -0.2) is 15.0 Å². The predicted octanol–water partition coefficient (Wildman–Crippen LogP) is 3.82. The van der Waals surface area contributed by atoms with Gasteiger partial charge in [0, 0.05) is 10.4 Å². The molecule has 1 aliphatic carbocycles. The molecule has 3 aromatic heterocycles. The van der Waals surface area contributed by atoms with E-state index in [-0.39, 0.29) is 11.4 Å². The van der Waals surface area contributed by atoms with Gasteiger partial charge >= 0.3 is 0 Å². The van der Waals surface area contributed by atoms with Crippen molar-refractivity contribution in [3.63, 3.8) is 0 Å². The molecule has 0 aromatic carbocycles. The average Bonchev–Trinajstić information content (AvgIpc) is 3.02. The van der Waals surface area contributed by atoms with E-state index in [1.54, 1.807) is 6.92 Å². The molecule has 1 aliphatic rings. The summed E-state index contributed by atoms with van der Waals surface area (Å²) in [6.45, 7) is 7.80. The SMILES string of the molecule is Cc1nc(NC(=O)c2c(C)oc3ncnc(NC4(C)CC4)c23)sc1C. The molecule has 8 heteroatoms. The molecule has 25 heavy (non-hydrogen) atoms. The summed E-state index contributed by atoms with van der Waals surface area (Å²) < 4.78 is 5.69. The zero-order chi connectivity index (χ0) is 17.8. The lowest BCUT2D eigenvalue weighted by Crippen LogP contribution is -2.18. The summed E-state index contributed by atoms with van der Waals surface area (Å²) in [5.74, 6) is 0.893. The third-order valence-corrected chi connectivity index (χ3v) is 5.55. The van der Waals surface area contributed by atoms with E-state index in [1.807, 2.05) is 13.8 Å². The molecule has 0 atom stereocenters. The highest BCUT2D eigenvalue weighted by Crippen LogP contribution is 2.40. The summed E-state index contributed by atoms with van der Waals surface area (Å²) in [4.78, 5) is 26.8.